The van der Waals surface area contributed by atoms with Crippen LogP contribution in [0, 0.1) is 11.3 Å². The fraction of sp³-hybridized carbons (Fsp3) is 0.588. The molecule has 0 saturated heterocycles. The summed E-state index contributed by atoms with van der Waals surface area (Å²) >= 11 is 0. The zero-order valence-corrected chi connectivity index (χ0v) is 12.4. The molecule has 1 aromatic carbocycles. The van der Waals surface area contributed by atoms with E-state index in [-0.39, 0.29) is 12.1 Å². The van der Waals surface area contributed by atoms with Crippen molar-refractivity contribution in [3.63, 3.8) is 0 Å². The van der Waals surface area contributed by atoms with E-state index in [0.29, 0.717) is 6.04 Å². The van der Waals surface area contributed by atoms with Crippen LogP contribution in [0.1, 0.15) is 57.6 Å². The van der Waals surface area contributed by atoms with Crippen molar-refractivity contribution in [1.82, 2.24) is 5.32 Å². The first-order chi connectivity index (χ1) is 9.69. The lowest BCUT2D eigenvalue weighted by Gasteiger charge is -2.25. The first kappa shape index (κ1) is 14.9. The van der Waals surface area contributed by atoms with Crippen LogP contribution < -0.4 is 10.1 Å². The summed E-state index contributed by atoms with van der Waals surface area (Å²) in [4.78, 5) is 0. The molecule has 1 N–H and O–H groups in total. The maximum absolute atomic E-state index is 9.38. The van der Waals surface area contributed by atoms with Gasteiger partial charge < -0.3 is 4.74 Å². The minimum atomic E-state index is -0.216. The van der Waals surface area contributed by atoms with E-state index in [1.807, 2.05) is 38.1 Å². The van der Waals surface area contributed by atoms with Crippen molar-refractivity contribution in [2.24, 2.45) is 0 Å². The number of hydrogen-bond donors (Lipinski definition) is 1. The zero-order valence-electron chi connectivity index (χ0n) is 12.4. The molecule has 1 aliphatic rings. The summed E-state index contributed by atoms with van der Waals surface area (Å²) in [6.07, 6.45) is 6.43. The van der Waals surface area contributed by atoms with Crippen molar-refractivity contribution in [2.75, 3.05) is 0 Å². The third-order valence-electron chi connectivity index (χ3n) is 3.72. The van der Waals surface area contributed by atoms with Crippen molar-refractivity contribution in [2.45, 2.75) is 64.1 Å². The highest BCUT2D eigenvalue weighted by atomic mass is 16.5. The highest BCUT2D eigenvalue weighted by Crippen LogP contribution is 2.23. The highest BCUT2D eigenvalue weighted by molar-refractivity contribution is 5.31. The second-order valence-electron chi connectivity index (χ2n) is 5.80. The van der Waals surface area contributed by atoms with Crippen LogP contribution in [-0.2, 0) is 0 Å². The quantitative estimate of drug-likeness (QED) is 0.882. The van der Waals surface area contributed by atoms with Gasteiger partial charge in [0.1, 0.15) is 11.8 Å². The summed E-state index contributed by atoms with van der Waals surface area (Å²) in [5.74, 6) is 0.859. The Morgan fingerprint density at radius 2 is 1.80 bits per heavy atom. The summed E-state index contributed by atoms with van der Waals surface area (Å²) in [5.41, 5.74) is 1.02. The molecule has 1 fully saturated rings. The normalized spacial score (nSPS) is 17.7. The van der Waals surface area contributed by atoms with Crippen molar-refractivity contribution in [3.8, 4) is 11.8 Å². The predicted octanol–water partition coefficient (Wildman–Crippen LogP) is 3.96. The summed E-state index contributed by atoms with van der Waals surface area (Å²) in [7, 11) is 0. The lowest BCUT2D eigenvalue weighted by atomic mass is 9.94. The largest absolute Gasteiger partial charge is 0.491 e. The first-order valence-corrected chi connectivity index (χ1v) is 7.61. The fourth-order valence-corrected chi connectivity index (χ4v) is 2.72. The summed E-state index contributed by atoms with van der Waals surface area (Å²) < 4.78 is 5.63. The van der Waals surface area contributed by atoms with E-state index in [2.05, 4.69) is 11.4 Å². The second-order valence-corrected chi connectivity index (χ2v) is 5.80. The van der Waals surface area contributed by atoms with Gasteiger partial charge in [-0.25, -0.2) is 0 Å². The molecule has 1 atom stereocenters. The number of nitrogens with one attached hydrogen (secondary N) is 1. The molecular weight excluding hydrogens is 248 g/mol. The van der Waals surface area contributed by atoms with Gasteiger partial charge in [-0.1, -0.05) is 31.4 Å². The van der Waals surface area contributed by atoms with Gasteiger partial charge in [0, 0.05) is 6.04 Å². The van der Waals surface area contributed by atoms with Gasteiger partial charge in [0.05, 0.1) is 12.2 Å². The average molecular weight is 272 g/mol. The first-order valence-electron chi connectivity index (χ1n) is 7.61. The Balaban J connectivity index is 1.98. The molecule has 0 heterocycles. The Kier molecular flexibility index (Phi) is 5.43. The molecule has 3 nitrogen and oxygen atoms in total. The summed E-state index contributed by atoms with van der Waals surface area (Å²) in [6, 6.07) is 10.5. The average Bonchev–Trinajstić information content (AvgIpc) is 2.46. The van der Waals surface area contributed by atoms with Crippen LogP contribution in [0.25, 0.3) is 0 Å². The third-order valence-corrected chi connectivity index (χ3v) is 3.72. The van der Waals surface area contributed by atoms with E-state index in [1.165, 1.54) is 32.1 Å². The molecule has 0 bridgehead atoms. The Labute approximate surface area is 121 Å². The van der Waals surface area contributed by atoms with Crippen LogP contribution in [0.2, 0.25) is 0 Å². The van der Waals surface area contributed by atoms with E-state index in [9.17, 15) is 5.26 Å². The second kappa shape index (κ2) is 7.31. The highest BCUT2D eigenvalue weighted by Gasteiger charge is 2.18. The van der Waals surface area contributed by atoms with Crippen LogP contribution in [0.4, 0.5) is 0 Å². The lowest BCUT2D eigenvalue weighted by Crippen LogP contribution is -2.33. The third kappa shape index (κ3) is 4.25. The van der Waals surface area contributed by atoms with Crippen LogP contribution in [-0.4, -0.2) is 12.1 Å². The van der Waals surface area contributed by atoms with E-state index in [4.69, 9.17) is 4.74 Å². The Morgan fingerprint density at radius 1 is 1.15 bits per heavy atom. The van der Waals surface area contributed by atoms with Gasteiger partial charge in [-0.3, -0.25) is 5.32 Å². The smallest absolute Gasteiger partial charge is 0.121 e. The molecule has 0 aliphatic heterocycles. The monoisotopic (exact) mass is 272 g/mol. The van der Waals surface area contributed by atoms with Crippen LogP contribution in [0.15, 0.2) is 24.3 Å². The van der Waals surface area contributed by atoms with Gasteiger partial charge in [-0.15, -0.1) is 0 Å². The molecule has 3 heteroatoms. The predicted molar refractivity (Wildman–Crippen MR) is 80.6 cm³/mol. The summed E-state index contributed by atoms with van der Waals surface area (Å²) in [6.45, 7) is 4.02. The van der Waals surface area contributed by atoms with E-state index in [1.54, 1.807) is 0 Å². The SMILES string of the molecule is CC(C)Oc1ccc(C(C#N)NC2CCCCC2)cc1. The van der Waals surface area contributed by atoms with Crippen molar-refractivity contribution in [1.29, 1.82) is 5.26 Å². The van der Waals surface area contributed by atoms with Crippen molar-refractivity contribution >= 4 is 0 Å². The van der Waals surface area contributed by atoms with Crippen molar-refractivity contribution < 1.29 is 4.74 Å². The summed E-state index contributed by atoms with van der Waals surface area (Å²) in [5, 5.41) is 12.9. The minimum Gasteiger partial charge on any atom is -0.491 e. The number of hydrogen-bond acceptors (Lipinski definition) is 3. The molecule has 0 radical (unpaired) electrons. The molecule has 0 spiro atoms. The number of ether oxygens (including phenoxy) is 1. The van der Waals surface area contributed by atoms with Gasteiger partial charge >= 0.3 is 0 Å². The molecule has 0 aromatic heterocycles. The number of rotatable bonds is 5. The van der Waals surface area contributed by atoms with Crippen molar-refractivity contribution in [3.05, 3.63) is 29.8 Å². The molecule has 20 heavy (non-hydrogen) atoms. The Hall–Kier alpha value is -1.53. The van der Waals surface area contributed by atoms with Crippen LogP contribution in [0.5, 0.6) is 5.75 Å². The van der Waals surface area contributed by atoms with Gasteiger partial charge in [-0.05, 0) is 44.4 Å². The zero-order chi connectivity index (χ0) is 14.4. The number of nitriles is 1. The van der Waals surface area contributed by atoms with E-state index < -0.39 is 0 Å². The molecule has 0 amide bonds. The van der Waals surface area contributed by atoms with Gasteiger partial charge in [0.2, 0.25) is 0 Å². The topological polar surface area (TPSA) is 45.0 Å². The van der Waals surface area contributed by atoms with Gasteiger partial charge in [0.25, 0.3) is 0 Å². The lowest BCUT2D eigenvalue weighted by molar-refractivity contribution is 0.242. The van der Waals surface area contributed by atoms with E-state index in [0.717, 1.165) is 11.3 Å². The Morgan fingerprint density at radius 3 is 2.35 bits per heavy atom. The molecule has 1 saturated carbocycles. The maximum atomic E-state index is 9.38. The molecular formula is C17H24N2O. The molecule has 108 valence electrons. The van der Waals surface area contributed by atoms with Gasteiger partial charge in [-0.2, -0.15) is 5.26 Å². The van der Waals surface area contributed by atoms with Gasteiger partial charge in [0.15, 0.2) is 0 Å². The molecule has 1 aromatic rings. The standard InChI is InChI=1S/C17H24N2O/c1-13(2)20-16-10-8-14(9-11-16)17(12-18)19-15-6-4-3-5-7-15/h8-11,13,15,17,19H,3-7H2,1-2H3. The number of benzene rings is 1. The molecule has 1 aliphatic carbocycles. The molecule has 1 unspecified atom stereocenters. The number of nitrogens with zero attached hydrogens (tertiary/aromatic N) is 1. The van der Waals surface area contributed by atoms with Crippen LogP contribution in [0.3, 0.4) is 0 Å². The molecule has 2 rings (SSSR count). The Bertz CT molecular complexity index is 441. The van der Waals surface area contributed by atoms with E-state index >= 15 is 0 Å². The minimum absolute atomic E-state index is 0.174. The van der Waals surface area contributed by atoms with Crippen LogP contribution >= 0.6 is 0 Å². The fourth-order valence-electron chi connectivity index (χ4n) is 2.72. The maximum Gasteiger partial charge on any atom is 0.121 e.